The standard InChI is InChI=1S/C18H16F3N3O2S.C16H14ClN3O2S.C16H12F2N2O3S/c1-11-3-4-12(2)15(9-11)16-10-17(18(19,20)21)23-24(16)13-5-7-14(8-6-13)27(22,25)26;1-11-10-16(12-2-4-13(17)5-3-12)20(19-11)14-6-8-15(9-7-14)23(18,21)22;17-16(18)15-13(10-6-8-12(9-7-10)24(19,21)22)14(20-23-15)11-4-2-1-3-5-11/h3-10H,1-2H3,(H2,22,25,26);2-10H,1H3,(H2,18,21,22);1-9,16H,(H2,19,21,22). The summed E-state index contributed by atoms with van der Waals surface area (Å²) in [7, 11) is -11.5. The van der Waals surface area contributed by atoms with Gasteiger partial charge in [-0.15, -0.1) is 0 Å². The second kappa shape index (κ2) is 21.6. The van der Waals surface area contributed by atoms with E-state index in [9.17, 15) is 47.2 Å². The molecule has 6 aromatic carbocycles. The number of alkyl halides is 5. The van der Waals surface area contributed by atoms with Crippen LogP contribution in [0.2, 0.25) is 5.02 Å². The number of sulfonamides is 3. The first-order chi connectivity index (χ1) is 34.7. The molecular formula is C50H42ClF5N8O7S3. The van der Waals surface area contributed by atoms with E-state index in [-0.39, 0.29) is 37.3 Å². The fourth-order valence-corrected chi connectivity index (χ4v) is 9.00. The summed E-state index contributed by atoms with van der Waals surface area (Å²) in [6.45, 7) is 5.54. The zero-order chi connectivity index (χ0) is 53.9. The monoisotopic (exact) mass is 1090 g/mol. The molecule has 74 heavy (non-hydrogen) atoms. The van der Waals surface area contributed by atoms with Crippen molar-refractivity contribution < 1.29 is 51.7 Å². The molecule has 0 saturated heterocycles. The lowest BCUT2D eigenvalue weighted by molar-refractivity contribution is -0.141. The fourth-order valence-electron chi connectivity index (χ4n) is 7.33. The molecule has 384 valence electrons. The molecule has 0 unspecified atom stereocenters. The lowest BCUT2D eigenvalue weighted by Gasteiger charge is -2.11. The van der Waals surface area contributed by atoms with Gasteiger partial charge in [0, 0.05) is 21.7 Å². The summed E-state index contributed by atoms with van der Waals surface area (Å²) in [5.74, 6) is -0.572. The lowest BCUT2D eigenvalue weighted by Crippen LogP contribution is -2.12. The van der Waals surface area contributed by atoms with E-state index in [1.807, 2.05) is 56.3 Å². The van der Waals surface area contributed by atoms with Crippen LogP contribution >= 0.6 is 11.6 Å². The van der Waals surface area contributed by atoms with Crippen molar-refractivity contribution in [3.8, 4) is 56.3 Å². The Balaban J connectivity index is 0.000000163. The molecule has 0 spiro atoms. The Morgan fingerprint density at radius 1 is 0.568 bits per heavy atom. The van der Waals surface area contributed by atoms with E-state index >= 15 is 0 Å². The van der Waals surface area contributed by atoms with Crippen molar-refractivity contribution in [2.24, 2.45) is 15.4 Å². The van der Waals surface area contributed by atoms with Crippen molar-refractivity contribution in [3.63, 3.8) is 0 Å². The summed E-state index contributed by atoms with van der Waals surface area (Å²) < 4.78 is 142. The number of hydrogen-bond acceptors (Lipinski definition) is 10. The van der Waals surface area contributed by atoms with Gasteiger partial charge >= 0.3 is 6.18 Å². The second-order valence-electron chi connectivity index (χ2n) is 16.3. The number of aromatic nitrogens is 5. The highest BCUT2D eigenvalue weighted by Crippen LogP contribution is 2.40. The molecule has 0 aliphatic heterocycles. The minimum atomic E-state index is -4.61. The quantitative estimate of drug-likeness (QED) is 0.109. The molecule has 0 radical (unpaired) electrons. The largest absolute Gasteiger partial charge is 0.435 e. The maximum Gasteiger partial charge on any atom is 0.435 e. The van der Waals surface area contributed by atoms with Gasteiger partial charge in [-0.2, -0.15) is 23.4 Å². The van der Waals surface area contributed by atoms with E-state index in [0.29, 0.717) is 21.7 Å². The molecule has 15 nitrogen and oxygen atoms in total. The van der Waals surface area contributed by atoms with Gasteiger partial charge in [0.25, 0.3) is 6.43 Å². The number of nitrogens with zero attached hydrogens (tertiary/aromatic N) is 5. The Morgan fingerprint density at radius 3 is 1.54 bits per heavy atom. The molecule has 9 aromatic rings. The number of hydrogen-bond donors (Lipinski definition) is 3. The van der Waals surface area contributed by atoms with Gasteiger partial charge in [0.2, 0.25) is 35.8 Å². The van der Waals surface area contributed by atoms with Gasteiger partial charge in [-0.25, -0.2) is 58.8 Å². The number of primary sulfonamides is 3. The minimum Gasteiger partial charge on any atom is -0.354 e. The van der Waals surface area contributed by atoms with Crippen molar-refractivity contribution in [3.05, 3.63) is 191 Å². The summed E-state index contributed by atoms with van der Waals surface area (Å²) in [6.07, 6.45) is -7.47. The number of benzene rings is 6. The van der Waals surface area contributed by atoms with Crippen LogP contribution in [0.5, 0.6) is 0 Å². The molecule has 0 amide bonds. The molecule has 0 atom stereocenters. The average molecular weight is 1090 g/mol. The van der Waals surface area contributed by atoms with E-state index in [4.69, 9.17) is 31.5 Å². The van der Waals surface area contributed by atoms with Crippen molar-refractivity contribution in [1.82, 2.24) is 24.7 Å². The molecule has 0 saturated carbocycles. The van der Waals surface area contributed by atoms with Crippen LogP contribution in [0, 0.1) is 20.8 Å². The zero-order valence-corrected chi connectivity index (χ0v) is 42.1. The molecule has 24 heteroatoms. The highest BCUT2D eigenvalue weighted by atomic mass is 35.5. The van der Waals surface area contributed by atoms with Crippen molar-refractivity contribution in [1.29, 1.82) is 0 Å². The molecule has 0 bridgehead atoms. The molecule has 9 rings (SSSR count). The Kier molecular flexibility index (Phi) is 15.9. The third kappa shape index (κ3) is 12.9. The van der Waals surface area contributed by atoms with E-state index in [2.05, 4.69) is 15.4 Å². The summed E-state index contributed by atoms with van der Waals surface area (Å²) in [5, 5.41) is 27.8. The van der Waals surface area contributed by atoms with E-state index < -0.39 is 54.1 Å². The zero-order valence-electron chi connectivity index (χ0n) is 38.9. The fraction of sp³-hybridized carbons (Fsp3) is 0.100. The topological polar surface area (TPSA) is 242 Å². The Labute approximate surface area is 426 Å². The van der Waals surface area contributed by atoms with Crippen LogP contribution in [0.25, 0.3) is 56.3 Å². The van der Waals surface area contributed by atoms with Gasteiger partial charge in [-0.05, 0) is 123 Å². The number of aryl methyl sites for hydroxylation is 3. The molecule has 3 heterocycles. The smallest absolute Gasteiger partial charge is 0.354 e. The van der Waals surface area contributed by atoms with E-state index in [1.54, 1.807) is 60.1 Å². The predicted molar refractivity (Wildman–Crippen MR) is 269 cm³/mol. The third-order valence-electron chi connectivity index (χ3n) is 10.9. The van der Waals surface area contributed by atoms with Crippen LogP contribution < -0.4 is 15.4 Å². The second-order valence-corrected chi connectivity index (χ2v) is 21.4. The normalized spacial score (nSPS) is 12.0. The summed E-state index contributed by atoms with van der Waals surface area (Å²) in [6, 6.07) is 41.3. The van der Waals surface area contributed by atoms with Crippen molar-refractivity contribution >= 4 is 41.7 Å². The molecule has 3 aromatic heterocycles. The Hall–Kier alpha value is -7.38. The first-order valence-electron chi connectivity index (χ1n) is 21.5. The van der Waals surface area contributed by atoms with Crippen molar-refractivity contribution in [2.45, 2.75) is 48.1 Å². The summed E-state index contributed by atoms with van der Waals surface area (Å²) in [5.41, 5.74) is 6.60. The maximum atomic E-state index is 13.3. The minimum absolute atomic E-state index is 0.0678. The highest BCUT2D eigenvalue weighted by Gasteiger charge is 2.35. The highest BCUT2D eigenvalue weighted by molar-refractivity contribution is 7.89. The molecule has 6 N–H and O–H groups in total. The van der Waals surface area contributed by atoms with Crippen LogP contribution in [-0.2, 0) is 36.2 Å². The van der Waals surface area contributed by atoms with Gasteiger partial charge in [-0.3, -0.25) is 0 Å². The Morgan fingerprint density at radius 2 is 1.05 bits per heavy atom. The van der Waals surface area contributed by atoms with Gasteiger partial charge in [-0.1, -0.05) is 89.1 Å². The van der Waals surface area contributed by atoms with Crippen LogP contribution in [0.3, 0.4) is 0 Å². The van der Waals surface area contributed by atoms with Gasteiger partial charge in [0.05, 0.1) is 48.7 Å². The molecule has 0 aliphatic carbocycles. The number of nitrogens with two attached hydrogens (primary N) is 3. The SMILES string of the molecule is Cc1cc(-c2ccc(Cl)cc2)n(-c2ccc(S(N)(=O)=O)cc2)n1.Cc1ccc(C)c(-c2cc(C(F)(F)F)nn2-c2ccc(S(N)(=O)=O)cc2)c1.NS(=O)(=O)c1ccc(-c2c(-c3ccccc3)noc2C(F)F)cc1. The van der Waals surface area contributed by atoms with Crippen LogP contribution in [-0.4, -0.2) is 50.0 Å². The molecular weight excluding hydrogens is 1050 g/mol. The van der Waals surface area contributed by atoms with Gasteiger partial charge < -0.3 is 4.52 Å². The molecule has 0 fully saturated rings. The molecule has 0 aliphatic rings. The van der Waals surface area contributed by atoms with Crippen LogP contribution in [0.4, 0.5) is 22.0 Å². The van der Waals surface area contributed by atoms with E-state index in [0.717, 1.165) is 44.5 Å². The predicted octanol–water partition coefficient (Wildman–Crippen LogP) is 10.6. The van der Waals surface area contributed by atoms with Crippen molar-refractivity contribution in [2.75, 3.05) is 0 Å². The average Bonchev–Trinajstić information content (AvgIpc) is 4.11. The van der Waals surface area contributed by atoms with Crippen LogP contribution in [0.15, 0.2) is 177 Å². The maximum absolute atomic E-state index is 13.3. The Bertz CT molecular complexity index is 3800. The van der Waals surface area contributed by atoms with Gasteiger partial charge in [0.15, 0.2) is 5.69 Å². The first kappa shape index (κ1) is 54.4. The lowest BCUT2D eigenvalue weighted by atomic mass is 9.99. The van der Waals surface area contributed by atoms with Gasteiger partial charge in [0.1, 0.15) is 5.69 Å². The number of rotatable bonds is 10. The third-order valence-corrected chi connectivity index (χ3v) is 13.9. The number of halogens is 6. The summed E-state index contributed by atoms with van der Waals surface area (Å²) in [4.78, 5) is -0.177. The van der Waals surface area contributed by atoms with E-state index in [1.165, 1.54) is 60.7 Å². The first-order valence-corrected chi connectivity index (χ1v) is 26.5. The summed E-state index contributed by atoms with van der Waals surface area (Å²) >= 11 is 5.93. The van der Waals surface area contributed by atoms with Crippen LogP contribution in [0.1, 0.15) is 34.7 Å².